The highest BCUT2D eigenvalue weighted by atomic mass is 16.8. The van der Waals surface area contributed by atoms with Crippen molar-refractivity contribution in [1.82, 2.24) is 0 Å². The number of fused-ring (bicyclic) bond motifs is 2. The summed E-state index contributed by atoms with van der Waals surface area (Å²) in [6.45, 7) is 3.85. The predicted molar refractivity (Wildman–Crippen MR) is 114 cm³/mol. The molecule has 2 bridgehead atoms. The number of ether oxygens (including phenoxy) is 4. The van der Waals surface area contributed by atoms with Crippen LogP contribution in [0, 0.1) is 6.92 Å². The monoisotopic (exact) mass is 446 g/mol. The van der Waals surface area contributed by atoms with Crippen LogP contribution in [0.1, 0.15) is 29.2 Å². The Kier molecular flexibility index (Phi) is 6.30. The van der Waals surface area contributed by atoms with Gasteiger partial charge in [-0.25, -0.2) is 0 Å². The Morgan fingerprint density at radius 2 is 1.75 bits per heavy atom. The first-order valence-electron chi connectivity index (χ1n) is 10.7. The van der Waals surface area contributed by atoms with Crippen LogP contribution in [0.2, 0.25) is 0 Å². The first kappa shape index (κ1) is 23.1. The molecule has 0 saturated carbocycles. The summed E-state index contributed by atoms with van der Waals surface area (Å²) in [6, 6.07) is 13.3. The Morgan fingerprint density at radius 3 is 2.38 bits per heavy atom. The van der Waals surface area contributed by atoms with Crippen molar-refractivity contribution in [2.45, 2.75) is 56.3 Å². The molecular formula is C24H30O8. The molecule has 2 aliphatic rings. The molecular weight excluding hydrogens is 416 g/mol. The molecule has 32 heavy (non-hydrogen) atoms. The first-order valence-corrected chi connectivity index (χ1v) is 10.7. The molecule has 6 atom stereocenters. The molecule has 4 N–H and O–H groups in total. The quantitative estimate of drug-likeness (QED) is 0.497. The Labute approximate surface area is 186 Å². The van der Waals surface area contributed by atoms with Gasteiger partial charge in [-0.1, -0.05) is 24.3 Å². The van der Waals surface area contributed by atoms with Gasteiger partial charge in [0.1, 0.15) is 24.1 Å². The van der Waals surface area contributed by atoms with E-state index >= 15 is 0 Å². The smallest absolute Gasteiger partial charge is 0.227 e. The average Bonchev–Trinajstić information content (AvgIpc) is 3.14. The Morgan fingerprint density at radius 1 is 1.03 bits per heavy atom. The second-order valence-corrected chi connectivity index (χ2v) is 8.34. The van der Waals surface area contributed by atoms with E-state index in [1.165, 1.54) is 7.11 Å². The molecule has 0 unspecified atom stereocenters. The predicted octanol–water partition coefficient (Wildman–Crippen LogP) is 0.984. The summed E-state index contributed by atoms with van der Waals surface area (Å²) in [7, 11) is 1.35. The molecule has 2 saturated heterocycles. The van der Waals surface area contributed by atoms with E-state index < -0.39 is 42.6 Å². The molecule has 2 aliphatic heterocycles. The van der Waals surface area contributed by atoms with E-state index in [0.717, 1.165) is 22.4 Å². The number of benzene rings is 2. The third kappa shape index (κ3) is 3.52. The zero-order chi connectivity index (χ0) is 23.1. The number of rotatable bonds is 7. The van der Waals surface area contributed by atoms with Crippen molar-refractivity contribution in [2.75, 3.05) is 20.3 Å². The number of methoxy groups -OCH3 is 1. The minimum Gasteiger partial charge on any atom is -0.494 e. The molecule has 0 aliphatic carbocycles. The van der Waals surface area contributed by atoms with Gasteiger partial charge < -0.3 is 39.4 Å². The van der Waals surface area contributed by atoms with Crippen molar-refractivity contribution in [2.24, 2.45) is 0 Å². The van der Waals surface area contributed by atoms with Gasteiger partial charge in [0.2, 0.25) is 5.79 Å². The fraction of sp³-hybridized carbons (Fsp3) is 0.500. The first-order chi connectivity index (χ1) is 15.3. The maximum atomic E-state index is 10.9. The van der Waals surface area contributed by atoms with Crippen LogP contribution in [0.4, 0.5) is 0 Å². The fourth-order valence-electron chi connectivity index (χ4n) is 4.54. The minimum atomic E-state index is -1.80. The van der Waals surface area contributed by atoms with Gasteiger partial charge in [0.05, 0.1) is 13.2 Å². The van der Waals surface area contributed by atoms with Crippen LogP contribution in [0.5, 0.6) is 5.75 Å². The Hall–Kier alpha value is -2.04. The van der Waals surface area contributed by atoms with Crippen LogP contribution in [0.25, 0.3) is 0 Å². The van der Waals surface area contributed by atoms with Gasteiger partial charge in [0, 0.05) is 12.7 Å². The maximum Gasteiger partial charge on any atom is 0.227 e. The standard InChI is InChI=1S/C24H30O8/c1-4-30-18-9-6-15(7-10-18)11-16-12-17(8-5-14(16)2)24-21(28)19(26)20(27)23(13-25,32-24)22(29-3)31-24/h5-10,12,19-22,25-28H,4,11,13H2,1-3H3/t19-,20-,21+,22-,23+,24-/m0/s1. The van der Waals surface area contributed by atoms with Crippen LogP contribution < -0.4 is 4.74 Å². The van der Waals surface area contributed by atoms with Gasteiger partial charge in [-0.05, 0) is 55.2 Å². The molecule has 0 spiro atoms. The lowest BCUT2D eigenvalue weighted by molar-refractivity contribution is -0.329. The van der Waals surface area contributed by atoms with Gasteiger partial charge in [0.25, 0.3) is 0 Å². The lowest BCUT2D eigenvalue weighted by atomic mass is 9.82. The van der Waals surface area contributed by atoms with Crippen molar-refractivity contribution >= 4 is 0 Å². The highest BCUT2D eigenvalue weighted by molar-refractivity contribution is 5.40. The highest BCUT2D eigenvalue weighted by Gasteiger charge is 2.71. The second-order valence-electron chi connectivity index (χ2n) is 8.34. The summed E-state index contributed by atoms with van der Waals surface area (Å²) in [5, 5.41) is 42.0. The van der Waals surface area contributed by atoms with Gasteiger partial charge in [-0.15, -0.1) is 0 Å². The topological polar surface area (TPSA) is 118 Å². The summed E-state index contributed by atoms with van der Waals surface area (Å²) in [5.74, 6) is -0.999. The minimum absolute atomic E-state index is 0.458. The van der Waals surface area contributed by atoms with Crippen LogP contribution in [0.3, 0.4) is 0 Å². The van der Waals surface area contributed by atoms with Crippen molar-refractivity contribution in [1.29, 1.82) is 0 Å². The largest absolute Gasteiger partial charge is 0.494 e. The Balaban J connectivity index is 1.70. The highest BCUT2D eigenvalue weighted by Crippen LogP contribution is 2.52. The van der Waals surface area contributed by atoms with E-state index in [1.807, 2.05) is 50.2 Å². The number of hydrogen-bond acceptors (Lipinski definition) is 8. The maximum absolute atomic E-state index is 10.9. The molecule has 8 nitrogen and oxygen atoms in total. The summed E-state index contributed by atoms with van der Waals surface area (Å²) >= 11 is 0. The molecule has 2 aromatic rings. The third-order valence-electron chi connectivity index (χ3n) is 6.40. The molecule has 2 aromatic carbocycles. The second kappa shape index (κ2) is 8.72. The lowest BCUT2D eigenvalue weighted by Gasteiger charge is -2.46. The number of aliphatic hydroxyl groups is 4. The van der Waals surface area contributed by atoms with Crippen molar-refractivity contribution in [3.05, 3.63) is 64.7 Å². The van der Waals surface area contributed by atoms with Crippen LogP contribution in [-0.4, -0.2) is 71.0 Å². The van der Waals surface area contributed by atoms with E-state index in [0.29, 0.717) is 18.6 Å². The van der Waals surface area contributed by atoms with E-state index in [2.05, 4.69) is 0 Å². The van der Waals surface area contributed by atoms with Crippen LogP contribution >= 0.6 is 0 Å². The fourth-order valence-corrected chi connectivity index (χ4v) is 4.54. The van der Waals surface area contributed by atoms with E-state index in [4.69, 9.17) is 18.9 Å². The lowest BCUT2D eigenvalue weighted by Crippen LogP contribution is -2.67. The molecule has 2 heterocycles. The summed E-state index contributed by atoms with van der Waals surface area (Å²) in [6.07, 6.45) is -5.38. The molecule has 0 amide bonds. The summed E-state index contributed by atoms with van der Waals surface area (Å²) < 4.78 is 22.8. The molecule has 0 radical (unpaired) electrons. The van der Waals surface area contributed by atoms with E-state index in [9.17, 15) is 20.4 Å². The molecule has 8 heteroatoms. The number of aliphatic hydroxyl groups excluding tert-OH is 4. The average molecular weight is 446 g/mol. The van der Waals surface area contributed by atoms with Crippen LogP contribution in [-0.2, 0) is 26.4 Å². The molecule has 2 fully saturated rings. The van der Waals surface area contributed by atoms with Crippen LogP contribution in [0.15, 0.2) is 42.5 Å². The normalized spacial score (nSPS) is 34.0. The molecule has 4 rings (SSSR count). The SMILES string of the molecule is CCOc1ccc(Cc2cc([C@]34O[C@H](OC)[C@](CO)(O3)[C@@H](O)[C@H](O)[C@H]4O)ccc2C)cc1. The summed E-state index contributed by atoms with van der Waals surface area (Å²) in [5.41, 5.74) is 1.79. The zero-order valence-electron chi connectivity index (χ0n) is 18.4. The van der Waals surface area contributed by atoms with Gasteiger partial charge in [-0.3, -0.25) is 0 Å². The van der Waals surface area contributed by atoms with Gasteiger partial charge >= 0.3 is 0 Å². The van der Waals surface area contributed by atoms with Crippen molar-refractivity contribution < 1.29 is 39.4 Å². The zero-order valence-corrected chi connectivity index (χ0v) is 18.4. The number of hydrogen-bond donors (Lipinski definition) is 4. The van der Waals surface area contributed by atoms with E-state index in [-0.39, 0.29) is 0 Å². The van der Waals surface area contributed by atoms with Crippen molar-refractivity contribution in [3.63, 3.8) is 0 Å². The van der Waals surface area contributed by atoms with Gasteiger partial charge in [0.15, 0.2) is 11.9 Å². The molecule has 174 valence electrons. The van der Waals surface area contributed by atoms with E-state index in [1.54, 1.807) is 6.07 Å². The summed E-state index contributed by atoms with van der Waals surface area (Å²) in [4.78, 5) is 0. The third-order valence-corrected chi connectivity index (χ3v) is 6.40. The van der Waals surface area contributed by atoms with Crippen molar-refractivity contribution in [3.8, 4) is 5.75 Å². The number of aryl methyl sites for hydroxylation is 1. The van der Waals surface area contributed by atoms with Gasteiger partial charge in [-0.2, -0.15) is 0 Å². The molecule has 0 aromatic heterocycles. The Bertz CT molecular complexity index is 948.